The average molecular weight is 205 g/mol. The van der Waals surface area contributed by atoms with Gasteiger partial charge in [-0.2, -0.15) is 0 Å². The van der Waals surface area contributed by atoms with Crippen LogP contribution >= 0.6 is 8.25 Å². The van der Waals surface area contributed by atoms with Crippen LogP contribution in [0.4, 0.5) is 0 Å². The van der Waals surface area contributed by atoms with E-state index in [1.54, 1.807) is 0 Å². The van der Waals surface area contributed by atoms with E-state index in [1.807, 2.05) is 0 Å². The van der Waals surface area contributed by atoms with Crippen LogP contribution in [-0.4, -0.2) is 43.0 Å². The molecule has 11 heteroatoms. The topological polar surface area (TPSA) is 256 Å². The molecule has 11 heavy (non-hydrogen) atoms. The second-order valence-corrected chi connectivity index (χ2v) is 0.958. The Morgan fingerprint density at radius 1 is 0.909 bits per heavy atom. The minimum atomic E-state index is -2.79. The Morgan fingerprint density at radius 2 is 1.00 bits per heavy atom. The van der Waals surface area contributed by atoms with Gasteiger partial charge in [0, 0.05) is 4.57 Å². The largest absolute Gasteiger partial charge is 0.725 e. The monoisotopic (exact) mass is 205 g/mol. The number of hydrogen-bond donors (Lipinski definition) is 2. The fourth-order valence-electron chi connectivity index (χ4n) is 0. The molecule has 0 aliphatic rings. The minimum absolute atomic E-state index is 0. The first-order chi connectivity index (χ1) is 2.27. The van der Waals surface area contributed by atoms with Crippen molar-refractivity contribution in [2.75, 3.05) is 0 Å². The Morgan fingerprint density at radius 3 is 1.00 bits per heavy atom. The van der Waals surface area contributed by atoms with E-state index in [0.29, 0.717) is 0 Å². The van der Waals surface area contributed by atoms with Gasteiger partial charge in [0.25, 0.3) is 0 Å². The lowest BCUT2D eigenvalue weighted by atomic mass is 15.0. The van der Waals surface area contributed by atoms with Crippen molar-refractivity contribution in [3.8, 4) is 0 Å². The van der Waals surface area contributed by atoms with Crippen LogP contribution in [-0.2, 0) is 9.24 Å². The van der Waals surface area contributed by atoms with Crippen molar-refractivity contribution < 1.29 is 52.2 Å². The highest BCUT2D eigenvalue weighted by atomic mass is 31.1. The summed E-state index contributed by atoms with van der Waals surface area (Å²) in [5.74, 6) is 0. The third-order valence-corrected chi connectivity index (χ3v) is 0.210. The van der Waals surface area contributed by atoms with E-state index in [1.165, 1.54) is 0 Å². The lowest BCUT2D eigenvalue weighted by molar-refractivity contribution is -0.138. The van der Waals surface area contributed by atoms with Gasteiger partial charge >= 0.3 is 8.25 Å². The third-order valence-electron chi connectivity index (χ3n) is 0.0698. The fraction of sp³-hybridized carbons (Fsp3) is 0. The molecule has 0 saturated heterocycles. The molecule has 0 aromatic carbocycles. The van der Waals surface area contributed by atoms with Gasteiger partial charge in [-0.05, 0) is 0 Å². The molecule has 78 valence electrons. The standard InChI is InChI=1S/HO4P.6H2O/c1-4-5(2)3;;;;;;/h(H-,1,2,3);6*1H2/p+1. The molecule has 0 spiro atoms. The van der Waals surface area contributed by atoms with Crippen molar-refractivity contribution in [1.29, 1.82) is 0 Å². The molecule has 0 aliphatic carbocycles. The molecule has 1 unspecified atom stereocenters. The Labute approximate surface area is 61.8 Å². The second kappa shape index (κ2) is 53.2. The van der Waals surface area contributed by atoms with Gasteiger partial charge in [0.2, 0.25) is 0 Å². The highest BCUT2D eigenvalue weighted by molar-refractivity contribution is 7.31. The summed E-state index contributed by atoms with van der Waals surface area (Å²) in [5.41, 5.74) is 0. The molecule has 0 aromatic rings. The zero-order valence-electron chi connectivity index (χ0n) is 5.16. The first-order valence-electron chi connectivity index (χ1n) is 0.748. The van der Waals surface area contributed by atoms with Gasteiger partial charge in [-0.15, -0.1) is 4.89 Å². The van der Waals surface area contributed by atoms with E-state index in [-0.39, 0.29) is 32.9 Å². The molecule has 0 radical (unpaired) electrons. The van der Waals surface area contributed by atoms with Crippen LogP contribution in [0, 0.1) is 0 Å². The number of hydrogen-bond acceptors (Lipinski definition) is 3. The number of rotatable bonds is 1. The van der Waals surface area contributed by atoms with Crippen molar-refractivity contribution in [1.82, 2.24) is 0 Å². The SMILES string of the molecule is O.O.O.O.O.O.O=[P+](O)OO. The van der Waals surface area contributed by atoms with E-state index in [4.69, 9.17) is 14.7 Å². The molecule has 0 amide bonds. The van der Waals surface area contributed by atoms with Crippen molar-refractivity contribution in [3.63, 3.8) is 0 Å². The van der Waals surface area contributed by atoms with Crippen molar-refractivity contribution in [2.24, 2.45) is 0 Å². The van der Waals surface area contributed by atoms with E-state index in [2.05, 4.69) is 4.67 Å². The van der Waals surface area contributed by atoms with Crippen LogP contribution in [0.25, 0.3) is 0 Å². The lowest BCUT2D eigenvalue weighted by Gasteiger charge is -1.53. The Balaban J connectivity index is -0.00000000533. The normalized spacial score (nSPS) is 5.09. The van der Waals surface area contributed by atoms with Crippen molar-refractivity contribution in [3.05, 3.63) is 0 Å². The Kier molecular flexibility index (Phi) is 352. The quantitative estimate of drug-likeness (QED) is 0.242. The molecule has 0 saturated carbocycles. The summed E-state index contributed by atoms with van der Waals surface area (Å²) in [6, 6.07) is 0. The van der Waals surface area contributed by atoms with Crippen LogP contribution in [0.5, 0.6) is 0 Å². The molecule has 0 aliphatic heterocycles. The predicted molar refractivity (Wildman–Crippen MR) is 35.2 cm³/mol. The van der Waals surface area contributed by atoms with Crippen LogP contribution < -0.4 is 0 Å². The van der Waals surface area contributed by atoms with Gasteiger partial charge in [-0.3, -0.25) is 0 Å². The maximum Gasteiger partial charge on any atom is 0.725 e. The molecule has 0 bridgehead atoms. The summed E-state index contributed by atoms with van der Waals surface area (Å²) in [6.07, 6.45) is 0. The highest BCUT2D eigenvalue weighted by Gasteiger charge is 2.06. The maximum absolute atomic E-state index is 9.04. The summed E-state index contributed by atoms with van der Waals surface area (Å²) in [4.78, 5) is 7.40. The second-order valence-electron chi connectivity index (χ2n) is 0.319. The maximum atomic E-state index is 9.04. The average Bonchev–Trinajstić information content (AvgIpc) is 1.38. The molecular weight excluding hydrogens is 191 g/mol. The summed E-state index contributed by atoms with van der Waals surface area (Å²) < 4.78 is 11.9. The van der Waals surface area contributed by atoms with Crippen LogP contribution in [0.2, 0.25) is 0 Å². The van der Waals surface area contributed by atoms with Crippen LogP contribution in [0.3, 0.4) is 0 Å². The van der Waals surface area contributed by atoms with Crippen molar-refractivity contribution in [2.45, 2.75) is 0 Å². The Hall–Kier alpha value is -0.260. The van der Waals surface area contributed by atoms with Crippen molar-refractivity contribution >= 4 is 8.25 Å². The molecule has 14 N–H and O–H groups in total. The van der Waals surface area contributed by atoms with Gasteiger partial charge in [0.1, 0.15) is 0 Å². The predicted octanol–water partition coefficient (Wildman–Crippen LogP) is -4.82. The van der Waals surface area contributed by atoms with E-state index in [0.717, 1.165) is 0 Å². The molecular formula is H14O10P+. The molecule has 0 heterocycles. The summed E-state index contributed by atoms with van der Waals surface area (Å²) >= 11 is 0. The zero-order chi connectivity index (χ0) is 4.28. The van der Waals surface area contributed by atoms with Gasteiger partial charge in [0.15, 0.2) is 0 Å². The van der Waals surface area contributed by atoms with E-state index >= 15 is 0 Å². The third kappa shape index (κ3) is 193. The van der Waals surface area contributed by atoms with E-state index in [9.17, 15) is 0 Å². The Bertz CT molecular complexity index is 40.1. The first-order valence-corrected chi connectivity index (χ1v) is 1.88. The minimum Gasteiger partial charge on any atom is -0.412 e. The molecule has 10 nitrogen and oxygen atoms in total. The summed E-state index contributed by atoms with van der Waals surface area (Å²) in [5, 5.41) is 7.11. The van der Waals surface area contributed by atoms with Crippen LogP contribution in [0.1, 0.15) is 0 Å². The molecule has 1 atom stereocenters. The van der Waals surface area contributed by atoms with Gasteiger partial charge in [-0.1, -0.05) is 0 Å². The molecule has 0 aromatic heterocycles. The van der Waals surface area contributed by atoms with Gasteiger partial charge < -0.3 is 32.9 Å². The lowest BCUT2D eigenvalue weighted by Crippen LogP contribution is -1.59. The highest BCUT2D eigenvalue weighted by Crippen LogP contribution is 2.09. The summed E-state index contributed by atoms with van der Waals surface area (Å²) in [6.45, 7) is 0. The van der Waals surface area contributed by atoms with Gasteiger partial charge in [0.05, 0.1) is 4.67 Å². The zero-order valence-corrected chi connectivity index (χ0v) is 6.05. The summed E-state index contributed by atoms with van der Waals surface area (Å²) in [7, 11) is -2.79. The first kappa shape index (κ1) is 72.8. The van der Waals surface area contributed by atoms with Crippen LogP contribution in [0.15, 0.2) is 0 Å². The molecule has 0 rings (SSSR count). The van der Waals surface area contributed by atoms with E-state index < -0.39 is 8.25 Å². The molecule has 0 fully saturated rings. The fourth-order valence-corrected chi connectivity index (χ4v) is 0. The van der Waals surface area contributed by atoms with Gasteiger partial charge in [-0.25, -0.2) is 5.26 Å². The smallest absolute Gasteiger partial charge is 0.412 e.